The Morgan fingerprint density at radius 2 is 2.10 bits per heavy atom. The smallest absolute Gasteiger partial charge is 0.244 e. The number of hydrogen-bond acceptors (Lipinski definition) is 3. The Balaban J connectivity index is 2.22. The fraction of sp³-hybridized carbons (Fsp3) is 0.733. The highest BCUT2D eigenvalue weighted by Crippen LogP contribution is 2.37. The second-order valence-electron chi connectivity index (χ2n) is 5.77. The Morgan fingerprint density at radius 1 is 1.38 bits per heavy atom. The lowest BCUT2D eigenvalue weighted by atomic mass is 10.3. The van der Waals surface area contributed by atoms with Crippen molar-refractivity contribution in [1.29, 1.82) is 0 Å². The standard InChI is InChI=1S/C15H27N3O2S/c1-4-6-9-17(3)21(19,20)15-10-14(11-16-5-2)18(12-15)13-7-8-13/h10,12-13,16H,4-9,11H2,1-3H3. The van der Waals surface area contributed by atoms with Gasteiger partial charge in [0, 0.05) is 38.1 Å². The zero-order valence-electron chi connectivity index (χ0n) is 13.3. The fourth-order valence-electron chi connectivity index (χ4n) is 2.41. The van der Waals surface area contributed by atoms with Gasteiger partial charge in [-0.3, -0.25) is 0 Å². The Hall–Kier alpha value is -0.850. The van der Waals surface area contributed by atoms with Crippen molar-refractivity contribution in [2.75, 3.05) is 20.1 Å². The molecule has 5 nitrogen and oxygen atoms in total. The van der Waals surface area contributed by atoms with Crippen LogP contribution < -0.4 is 5.32 Å². The molecule has 0 saturated heterocycles. The number of unbranched alkanes of at least 4 members (excludes halogenated alkanes) is 1. The molecule has 0 spiro atoms. The molecule has 0 atom stereocenters. The first-order valence-electron chi connectivity index (χ1n) is 7.88. The maximum atomic E-state index is 12.6. The molecule has 0 radical (unpaired) electrons. The van der Waals surface area contributed by atoms with Gasteiger partial charge in [0.25, 0.3) is 0 Å². The lowest BCUT2D eigenvalue weighted by Gasteiger charge is -2.15. The molecular formula is C15H27N3O2S. The van der Waals surface area contributed by atoms with Crippen LogP contribution in [-0.4, -0.2) is 37.4 Å². The van der Waals surface area contributed by atoms with E-state index in [0.29, 0.717) is 17.5 Å². The first kappa shape index (κ1) is 16.5. The minimum absolute atomic E-state index is 0.431. The van der Waals surface area contributed by atoms with Gasteiger partial charge in [-0.2, -0.15) is 0 Å². The van der Waals surface area contributed by atoms with Crippen LogP contribution in [0.4, 0.5) is 0 Å². The van der Waals surface area contributed by atoms with Crippen molar-refractivity contribution in [3.8, 4) is 0 Å². The van der Waals surface area contributed by atoms with Crippen molar-refractivity contribution in [2.45, 2.75) is 57.0 Å². The molecular weight excluding hydrogens is 286 g/mol. The van der Waals surface area contributed by atoms with Gasteiger partial charge in [-0.05, 0) is 31.9 Å². The highest BCUT2D eigenvalue weighted by Gasteiger charge is 2.29. The number of rotatable bonds is 9. The minimum Gasteiger partial charge on any atom is -0.346 e. The van der Waals surface area contributed by atoms with Crippen molar-refractivity contribution >= 4 is 10.0 Å². The van der Waals surface area contributed by atoms with Gasteiger partial charge in [0.05, 0.1) is 0 Å². The molecule has 1 N–H and O–H groups in total. The van der Waals surface area contributed by atoms with Gasteiger partial charge in [-0.15, -0.1) is 0 Å². The van der Waals surface area contributed by atoms with Crippen LogP contribution in [0.5, 0.6) is 0 Å². The van der Waals surface area contributed by atoms with Gasteiger partial charge < -0.3 is 9.88 Å². The number of nitrogens with zero attached hydrogens (tertiary/aromatic N) is 2. The van der Waals surface area contributed by atoms with E-state index in [0.717, 1.165) is 44.5 Å². The minimum atomic E-state index is -3.36. The summed E-state index contributed by atoms with van der Waals surface area (Å²) in [5.41, 5.74) is 1.07. The number of aromatic nitrogens is 1. The Bertz CT molecular complexity index is 561. The molecule has 1 aliphatic rings. The van der Waals surface area contributed by atoms with E-state index in [-0.39, 0.29) is 0 Å². The maximum Gasteiger partial charge on any atom is 0.244 e. The summed E-state index contributed by atoms with van der Waals surface area (Å²) in [6.07, 6.45) is 6.01. The summed E-state index contributed by atoms with van der Waals surface area (Å²) < 4.78 is 28.8. The summed E-state index contributed by atoms with van der Waals surface area (Å²) in [5.74, 6) is 0. The number of sulfonamides is 1. The second-order valence-corrected chi connectivity index (χ2v) is 7.81. The quantitative estimate of drug-likeness (QED) is 0.761. The second kappa shape index (κ2) is 6.94. The Kier molecular flexibility index (Phi) is 5.46. The molecule has 1 heterocycles. The molecule has 1 aliphatic carbocycles. The third-order valence-electron chi connectivity index (χ3n) is 3.94. The molecule has 1 aromatic heterocycles. The summed E-state index contributed by atoms with van der Waals surface area (Å²) in [4.78, 5) is 0.431. The number of nitrogens with one attached hydrogen (secondary N) is 1. The van der Waals surface area contributed by atoms with E-state index in [4.69, 9.17) is 0 Å². The van der Waals surface area contributed by atoms with Gasteiger partial charge >= 0.3 is 0 Å². The van der Waals surface area contributed by atoms with Crippen molar-refractivity contribution in [3.05, 3.63) is 18.0 Å². The zero-order chi connectivity index (χ0) is 15.5. The lowest BCUT2D eigenvalue weighted by molar-refractivity contribution is 0.459. The van der Waals surface area contributed by atoms with Crippen LogP contribution in [0, 0.1) is 0 Å². The zero-order valence-corrected chi connectivity index (χ0v) is 14.1. The van der Waals surface area contributed by atoms with Crippen LogP contribution in [-0.2, 0) is 16.6 Å². The van der Waals surface area contributed by atoms with E-state index >= 15 is 0 Å². The summed E-state index contributed by atoms with van der Waals surface area (Å²) in [7, 11) is -1.69. The van der Waals surface area contributed by atoms with Crippen molar-refractivity contribution in [1.82, 2.24) is 14.2 Å². The monoisotopic (exact) mass is 313 g/mol. The van der Waals surface area contributed by atoms with Crippen molar-refractivity contribution in [2.24, 2.45) is 0 Å². The fourth-order valence-corrected chi connectivity index (χ4v) is 3.67. The summed E-state index contributed by atoms with van der Waals surface area (Å²) in [6.45, 7) is 6.31. The molecule has 0 aromatic carbocycles. The van der Waals surface area contributed by atoms with Crippen LogP contribution in [0.15, 0.2) is 17.2 Å². The van der Waals surface area contributed by atoms with Crippen LogP contribution in [0.1, 0.15) is 51.3 Å². The van der Waals surface area contributed by atoms with E-state index in [1.54, 1.807) is 7.05 Å². The van der Waals surface area contributed by atoms with Crippen LogP contribution >= 0.6 is 0 Å². The van der Waals surface area contributed by atoms with Crippen LogP contribution in [0.3, 0.4) is 0 Å². The van der Waals surface area contributed by atoms with Gasteiger partial charge in [0.1, 0.15) is 4.90 Å². The average Bonchev–Trinajstić information content (AvgIpc) is 3.22. The molecule has 120 valence electrons. The molecule has 0 bridgehead atoms. The van der Waals surface area contributed by atoms with Gasteiger partial charge in [-0.1, -0.05) is 20.3 Å². The molecule has 1 saturated carbocycles. The molecule has 1 fully saturated rings. The predicted molar refractivity (Wildman–Crippen MR) is 84.8 cm³/mol. The Morgan fingerprint density at radius 3 is 2.67 bits per heavy atom. The summed E-state index contributed by atoms with van der Waals surface area (Å²) >= 11 is 0. The third kappa shape index (κ3) is 3.87. The molecule has 0 amide bonds. The molecule has 0 aliphatic heterocycles. The molecule has 2 rings (SSSR count). The van der Waals surface area contributed by atoms with Crippen LogP contribution in [0.2, 0.25) is 0 Å². The maximum absolute atomic E-state index is 12.6. The highest BCUT2D eigenvalue weighted by molar-refractivity contribution is 7.89. The van der Waals surface area contributed by atoms with E-state index in [1.807, 2.05) is 12.3 Å². The molecule has 6 heteroatoms. The van der Waals surface area contributed by atoms with E-state index in [9.17, 15) is 8.42 Å². The third-order valence-corrected chi connectivity index (χ3v) is 5.76. The summed E-state index contributed by atoms with van der Waals surface area (Å²) in [5, 5.41) is 3.29. The summed E-state index contributed by atoms with van der Waals surface area (Å²) in [6, 6.07) is 2.32. The van der Waals surface area contributed by atoms with Gasteiger partial charge in [-0.25, -0.2) is 12.7 Å². The molecule has 1 aromatic rings. The van der Waals surface area contributed by atoms with Gasteiger partial charge in [0.2, 0.25) is 10.0 Å². The average molecular weight is 313 g/mol. The van der Waals surface area contributed by atoms with E-state index in [1.165, 1.54) is 4.31 Å². The molecule has 0 unspecified atom stereocenters. The number of hydrogen-bond donors (Lipinski definition) is 1. The van der Waals surface area contributed by atoms with Crippen molar-refractivity contribution in [3.63, 3.8) is 0 Å². The van der Waals surface area contributed by atoms with Crippen LogP contribution in [0.25, 0.3) is 0 Å². The normalized spacial score (nSPS) is 15.8. The lowest BCUT2D eigenvalue weighted by Crippen LogP contribution is -2.27. The van der Waals surface area contributed by atoms with Gasteiger partial charge in [0.15, 0.2) is 0 Å². The highest BCUT2D eigenvalue weighted by atomic mass is 32.2. The Labute approximate surface area is 128 Å². The van der Waals surface area contributed by atoms with E-state index < -0.39 is 10.0 Å². The SMILES string of the molecule is CCCCN(C)S(=O)(=O)c1cc(CNCC)n(C2CC2)c1. The first-order valence-corrected chi connectivity index (χ1v) is 9.32. The molecule has 21 heavy (non-hydrogen) atoms. The van der Waals surface area contributed by atoms with E-state index in [2.05, 4.69) is 23.7 Å². The van der Waals surface area contributed by atoms with Crippen molar-refractivity contribution < 1.29 is 8.42 Å². The topological polar surface area (TPSA) is 54.3 Å². The first-order chi connectivity index (χ1) is 10.0. The largest absolute Gasteiger partial charge is 0.346 e. The predicted octanol–water partition coefficient (Wildman–Crippen LogP) is 2.35.